The number of rotatable bonds is 12. The van der Waals surface area contributed by atoms with E-state index in [1.807, 2.05) is 46.4 Å². The number of aliphatic hydroxyl groups excluding tert-OH is 1. The third-order valence-electron chi connectivity index (χ3n) is 8.64. The van der Waals surface area contributed by atoms with Crippen LogP contribution in [0.1, 0.15) is 67.2 Å². The fourth-order valence-electron chi connectivity index (χ4n) is 6.72. The van der Waals surface area contributed by atoms with Gasteiger partial charge in [-0.2, -0.15) is 0 Å². The monoisotopic (exact) mass is 533 g/mol. The maximum atomic E-state index is 14.5. The first-order valence-electron chi connectivity index (χ1n) is 13.9. The van der Waals surface area contributed by atoms with E-state index in [9.17, 15) is 19.5 Å². The second kappa shape index (κ2) is 11.5. The van der Waals surface area contributed by atoms with Gasteiger partial charge in [0, 0.05) is 30.4 Å². The number of carbonyl (C=O) groups is 3. The molecule has 7 nitrogen and oxygen atoms in total. The predicted molar refractivity (Wildman–Crippen MR) is 150 cm³/mol. The van der Waals surface area contributed by atoms with Gasteiger partial charge in [-0.1, -0.05) is 39.3 Å². The molecule has 0 aliphatic carbocycles. The van der Waals surface area contributed by atoms with Crippen molar-refractivity contribution in [2.45, 2.75) is 94.8 Å². The minimum absolute atomic E-state index is 0.00455. The smallest absolute Gasteiger partial charge is 0.247 e. The van der Waals surface area contributed by atoms with E-state index in [0.29, 0.717) is 19.6 Å². The van der Waals surface area contributed by atoms with E-state index in [-0.39, 0.29) is 35.5 Å². The summed E-state index contributed by atoms with van der Waals surface area (Å²) in [6.45, 7) is 21.0. The Morgan fingerprint density at radius 1 is 1.22 bits per heavy atom. The molecular formula is C29H47N3O4S. The van der Waals surface area contributed by atoms with Gasteiger partial charge in [-0.25, -0.2) is 0 Å². The van der Waals surface area contributed by atoms with Crippen LogP contribution in [0.5, 0.6) is 0 Å². The SMILES string of the molecule is C=CCN(CCC)C(=O)[C@@H]1[C@@H]2CCC3(S2)C(C(=O)N(CC=C)C(C)(C)C)N([C@@H](CO)[C@@H](C)CC)C(=O)[C@H]13. The van der Waals surface area contributed by atoms with Gasteiger partial charge in [0.2, 0.25) is 17.7 Å². The molecule has 8 heteroatoms. The molecule has 0 aromatic heterocycles. The van der Waals surface area contributed by atoms with Crippen LogP contribution in [-0.2, 0) is 14.4 Å². The summed E-state index contributed by atoms with van der Waals surface area (Å²) in [7, 11) is 0. The number of hydrogen-bond acceptors (Lipinski definition) is 5. The second-order valence-corrected chi connectivity index (χ2v) is 13.5. The molecular weight excluding hydrogens is 486 g/mol. The minimum Gasteiger partial charge on any atom is -0.394 e. The van der Waals surface area contributed by atoms with Crippen molar-refractivity contribution < 1.29 is 19.5 Å². The molecule has 3 heterocycles. The Morgan fingerprint density at radius 3 is 2.38 bits per heavy atom. The number of thioether (sulfide) groups is 1. The Bertz CT molecular complexity index is 902. The molecule has 2 unspecified atom stereocenters. The van der Waals surface area contributed by atoms with Gasteiger partial charge in [0.1, 0.15) is 6.04 Å². The van der Waals surface area contributed by atoms with Crippen LogP contribution < -0.4 is 0 Å². The first kappa shape index (κ1) is 29.8. The van der Waals surface area contributed by atoms with Gasteiger partial charge in [-0.15, -0.1) is 24.9 Å². The maximum Gasteiger partial charge on any atom is 0.247 e. The van der Waals surface area contributed by atoms with E-state index in [0.717, 1.165) is 25.7 Å². The summed E-state index contributed by atoms with van der Waals surface area (Å²) in [5.41, 5.74) is -0.474. The summed E-state index contributed by atoms with van der Waals surface area (Å²) >= 11 is 1.69. The third-order valence-corrected chi connectivity index (χ3v) is 10.6. The fraction of sp³-hybridized carbons (Fsp3) is 0.759. The van der Waals surface area contributed by atoms with Crippen molar-refractivity contribution in [3.05, 3.63) is 25.3 Å². The van der Waals surface area contributed by atoms with E-state index in [1.54, 1.807) is 33.7 Å². The fourth-order valence-corrected chi connectivity index (χ4v) is 8.92. The van der Waals surface area contributed by atoms with Crippen molar-refractivity contribution in [1.29, 1.82) is 0 Å². The summed E-state index contributed by atoms with van der Waals surface area (Å²) in [5, 5.41) is 10.5. The molecule has 0 aromatic carbocycles. The quantitative estimate of drug-likeness (QED) is 0.387. The Morgan fingerprint density at radius 2 is 1.86 bits per heavy atom. The standard InChI is InChI=1S/C29H47N3O4S/c1-9-15-30(16-10-2)25(34)22-21-13-14-29(37-21)23(22)26(35)32(20(18-33)19(5)12-4)24(29)27(36)31(17-11-3)28(6,7)8/h9,11,19-24,33H,1,3,10,12-18H2,2,4-8H3/t19-,20-,21-,22+,23-,24?,29?/m0/s1. The van der Waals surface area contributed by atoms with Crippen LogP contribution >= 0.6 is 11.8 Å². The van der Waals surface area contributed by atoms with Gasteiger partial charge in [0.25, 0.3) is 0 Å². The molecule has 1 spiro atoms. The molecule has 3 aliphatic rings. The Hall–Kier alpha value is -1.80. The van der Waals surface area contributed by atoms with Crippen LogP contribution in [0.3, 0.4) is 0 Å². The zero-order valence-electron chi connectivity index (χ0n) is 23.6. The maximum absolute atomic E-state index is 14.5. The highest BCUT2D eigenvalue weighted by Gasteiger charge is 2.75. The predicted octanol–water partition coefficient (Wildman–Crippen LogP) is 3.72. The molecule has 3 amide bonds. The number of amides is 3. The van der Waals surface area contributed by atoms with E-state index >= 15 is 0 Å². The summed E-state index contributed by atoms with van der Waals surface area (Å²) in [6.07, 6.45) is 6.58. The molecule has 3 aliphatic heterocycles. The van der Waals surface area contributed by atoms with Crippen LogP contribution in [0, 0.1) is 17.8 Å². The van der Waals surface area contributed by atoms with Crippen molar-refractivity contribution in [2.24, 2.45) is 17.8 Å². The van der Waals surface area contributed by atoms with Crippen LogP contribution in [0.4, 0.5) is 0 Å². The molecule has 208 valence electrons. The number of aliphatic hydroxyl groups is 1. The van der Waals surface area contributed by atoms with E-state index in [2.05, 4.69) is 13.2 Å². The van der Waals surface area contributed by atoms with Crippen molar-refractivity contribution in [1.82, 2.24) is 14.7 Å². The number of likely N-dealkylation sites (tertiary alicyclic amines) is 1. The number of nitrogens with zero attached hydrogens (tertiary/aromatic N) is 3. The lowest BCUT2D eigenvalue weighted by Gasteiger charge is -2.44. The van der Waals surface area contributed by atoms with E-state index in [4.69, 9.17) is 0 Å². The van der Waals surface area contributed by atoms with Gasteiger partial charge >= 0.3 is 0 Å². The van der Waals surface area contributed by atoms with Gasteiger partial charge in [-0.3, -0.25) is 14.4 Å². The highest BCUT2D eigenvalue weighted by molar-refractivity contribution is 8.02. The van der Waals surface area contributed by atoms with Crippen LogP contribution in [-0.4, -0.2) is 91.4 Å². The van der Waals surface area contributed by atoms with Crippen molar-refractivity contribution >= 4 is 29.5 Å². The third kappa shape index (κ3) is 5.00. The average Bonchev–Trinajstić information content (AvgIpc) is 3.49. The topological polar surface area (TPSA) is 81.2 Å². The molecule has 3 saturated heterocycles. The Kier molecular flexibility index (Phi) is 9.26. The lowest BCUT2D eigenvalue weighted by molar-refractivity contribution is -0.149. The summed E-state index contributed by atoms with van der Waals surface area (Å²) in [5.74, 6) is -1.27. The van der Waals surface area contributed by atoms with Crippen LogP contribution in [0.15, 0.2) is 25.3 Å². The summed E-state index contributed by atoms with van der Waals surface area (Å²) < 4.78 is -0.670. The Balaban J connectivity index is 2.15. The number of hydrogen-bond donors (Lipinski definition) is 1. The minimum atomic E-state index is -0.720. The molecule has 37 heavy (non-hydrogen) atoms. The summed E-state index contributed by atoms with van der Waals surface area (Å²) in [6, 6.07) is -1.20. The summed E-state index contributed by atoms with van der Waals surface area (Å²) in [4.78, 5) is 48.2. The van der Waals surface area contributed by atoms with Gasteiger partial charge in [0.05, 0.1) is 29.2 Å². The average molecular weight is 534 g/mol. The first-order chi connectivity index (χ1) is 17.4. The highest BCUT2D eigenvalue weighted by Crippen LogP contribution is 2.67. The molecule has 7 atom stereocenters. The van der Waals surface area contributed by atoms with Crippen molar-refractivity contribution in [3.63, 3.8) is 0 Å². The second-order valence-electron chi connectivity index (χ2n) is 11.9. The molecule has 0 radical (unpaired) electrons. The van der Waals surface area contributed by atoms with Crippen LogP contribution in [0.25, 0.3) is 0 Å². The van der Waals surface area contributed by atoms with E-state index < -0.39 is 34.2 Å². The van der Waals surface area contributed by atoms with Crippen LogP contribution in [0.2, 0.25) is 0 Å². The number of carbonyl (C=O) groups excluding carboxylic acids is 3. The molecule has 3 rings (SSSR count). The normalized spacial score (nSPS) is 30.1. The molecule has 3 fully saturated rings. The van der Waals surface area contributed by atoms with Gasteiger partial charge < -0.3 is 19.8 Å². The van der Waals surface area contributed by atoms with Crippen molar-refractivity contribution in [3.8, 4) is 0 Å². The van der Waals surface area contributed by atoms with Gasteiger partial charge in [0.15, 0.2) is 0 Å². The molecule has 0 aromatic rings. The van der Waals surface area contributed by atoms with Gasteiger partial charge in [-0.05, 0) is 46.0 Å². The lowest BCUT2D eigenvalue weighted by Crippen LogP contribution is -2.61. The largest absolute Gasteiger partial charge is 0.394 e. The first-order valence-corrected chi connectivity index (χ1v) is 14.8. The Labute approximate surface area is 227 Å². The molecule has 0 saturated carbocycles. The van der Waals surface area contributed by atoms with E-state index in [1.165, 1.54) is 0 Å². The zero-order valence-corrected chi connectivity index (χ0v) is 24.4. The molecule has 1 N–H and O–H groups in total. The lowest BCUT2D eigenvalue weighted by atomic mass is 9.70. The highest BCUT2D eigenvalue weighted by atomic mass is 32.2. The van der Waals surface area contributed by atoms with Crippen molar-refractivity contribution in [2.75, 3.05) is 26.2 Å². The zero-order chi connectivity index (χ0) is 27.7. The molecule has 2 bridgehead atoms. The number of fused-ring (bicyclic) bond motifs is 1.